The van der Waals surface area contributed by atoms with E-state index in [1.54, 1.807) is 23.9 Å². The van der Waals surface area contributed by atoms with E-state index < -0.39 is 17.9 Å². The summed E-state index contributed by atoms with van der Waals surface area (Å²) in [5.41, 5.74) is 0. The lowest BCUT2D eigenvalue weighted by Crippen LogP contribution is -2.49. The summed E-state index contributed by atoms with van der Waals surface area (Å²) >= 11 is 1.59. The maximum Gasteiger partial charge on any atom is 0.308 e. The number of carboxylic acid groups (broad SMARTS) is 1. The third kappa shape index (κ3) is 5.94. The van der Waals surface area contributed by atoms with Crippen LogP contribution < -0.4 is 10.1 Å². The highest BCUT2D eigenvalue weighted by Crippen LogP contribution is 2.18. The number of rotatable bonds is 9. The lowest BCUT2D eigenvalue weighted by Gasteiger charge is -2.24. The Bertz CT molecular complexity index is 625. The highest BCUT2D eigenvalue weighted by molar-refractivity contribution is 7.98. The number of nitrogens with one attached hydrogen (secondary N) is 1. The molecule has 2 rings (SSSR count). The second-order valence-electron chi connectivity index (χ2n) is 6.11. The first-order valence-corrected chi connectivity index (χ1v) is 9.88. The van der Waals surface area contributed by atoms with Crippen molar-refractivity contribution < 1.29 is 24.2 Å². The van der Waals surface area contributed by atoms with Gasteiger partial charge in [-0.15, -0.1) is 0 Å². The van der Waals surface area contributed by atoms with Crippen molar-refractivity contribution in [3.8, 4) is 5.75 Å². The van der Waals surface area contributed by atoms with E-state index in [2.05, 4.69) is 5.32 Å². The predicted molar refractivity (Wildman–Crippen MR) is 99.2 cm³/mol. The van der Waals surface area contributed by atoms with Crippen LogP contribution in [-0.4, -0.2) is 65.5 Å². The number of carboxylic acids is 1. The van der Waals surface area contributed by atoms with Crippen LogP contribution in [0.2, 0.25) is 0 Å². The lowest BCUT2D eigenvalue weighted by molar-refractivity contribution is -0.142. The van der Waals surface area contributed by atoms with Gasteiger partial charge in [0.05, 0.1) is 5.92 Å². The average molecular weight is 380 g/mol. The largest absolute Gasteiger partial charge is 0.484 e. The molecule has 1 fully saturated rings. The normalized spacial score (nSPS) is 17.6. The van der Waals surface area contributed by atoms with Gasteiger partial charge in [-0.3, -0.25) is 14.4 Å². The summed E-state index contributed by atoms with van der Waals surface area (Å²) in [7, 11) is 0. The molecular weight excluding hydrogens is 356 g/mol. The van der Waals surface area contributed by atoms with Crippen LogP contribution in [0.5, 0.6) is 5.75 Å². The molecule has 1 saturated heterocycles. The molecule has 142 valence electrons. The fraction of sp³-hybridized carbons (Fsp3) is 0.500. The first-order valence-electron chi connectivity index (χ1n) is 8.49. The zero-order chi connectivity index (χ0) is 18.9. The molecular formula is C18H24N2O5S. The fourth-order valence-electron chi connectivity index (χ4n) is 2.78. The van der Waals surface area contributed by atoms with Gasteiger partial charge in [-0.25, -0.2) is 0 Å². The molecule has 0 spiro atoms. The summed E-state index contributed by atoms with van der Waals surface area (Å²) in [6, 6.07) is 8.31. The van der Waals surface area contributed by atoms with Gasteiger partial charge in [-0.1, -0.05) is 18.2 Å². The van der Waals surface area contributed by atoms with Crippen LogP contribution in [0.3, 0.4) is 0 Å². The number of amides is 2. The zero-order valence-corrected chi connectivity index (χ0v) is 15.5. The van der Waals surface area contributed by atoms with Crippen LogP contribution in [0.4, 0.5) is 0 Å². The number of para-hydroxylation sites is 1. The van der Waals surface area contributed by atoms with Gasteiger partial charge in [0.25, 0.3) is 5.91 Å². The van der Waals surface area contributed by atoms with Crippen molar-refractivity contribution in [3.05, 3.63) is 30.3 Å². The summed E-state index contributed by atoms with van der Waals surface area (Å²) in [4.78, 5) is 37.5. The molecule has 2 N–H and O–H groups in total. The molecule has 7 nitrogen and oxygen atoms in total. The molecule has 1 aliphatic heterocycles. The third-order valence-electron chi connectivity index (χ3n) is 4.21. The zero-order valence-electron chi connectivity index (χ0n) is 14.7. The molecule has 1 aromatic carbocycles. The van der Waals surface area contributed by atoms with Gasteiger partial charge >= 0.3 is 5.97 Å². The second kappa shape index (κ2) is 10.1. The maximum atomic E-state index is 12.7. The number of benzene rings is 1. The van der Waals surface area contributed by atoms with Crippen LogP contribution in [0.1, 0.15) is 12.8 Å². The molecule has 2 amide bonds. The first-order chi connectivity index (χ1) is 12.5. The van der Waals surface area contributed by atoms with E-state index in [-0.39, 0.29) is 25.0 Å². The molecule has 0 aliphatic carbocycles. The Kier molecular flexibility index (Phi) is 7.77. The van der Waals surface area contributed by atoms with Crippen LogP contribution in [0.15, 0.2) is 30.3 Å². The fourth-order valence-corrected chi connectivity index (χ4v) is 3.25. The molecule has 0 saturated carbocycles. The molecule has 8 heteroatoms. The van der Waals surface area contributed by atoms with E-state index in [0.717, 1.165) is 0 Å². The van der Waals surface area contributed by atoms with E-state index in [1.807, 2.05) is 24.5 Å². The summed E-state index contributed by atoms with van der Waals surface area (Å²) in [5, 5.41) is 11.8. The first kappa shape index (κ1) is 20.1. The molecule has 1 aliphatic rings. The number of ether oxygens (including phenoxy) is 1. The number of likely N-dealkylation sites (tertiary alicyclic amines) is 1. The van der Waals surface area contributed by atoms with Gasteiger partial charge in [0.2, 0.25) is 5.91 Å². The number of hydrogen-bond acceptors (Lipinski definition) is 5. The molecule has 2 unspecified atom stereocenters. The molecule has 1 heterocycles. The van der Waals surface area contributed by atoms with Gasteiger partial charge in [0.1, 0.15) is 11.8 Å². The summed E-state index contributed by atoms with van der Waals surface area (Å²) in [6.07, 6.45) is 2.87. The highest BCUT2D eigenvalue weighted by Gasteiger charge is 2.34. The van der Waals surface area contributed by atoms with E-state index in [9.17, 15) is 14.4 Å². The Morgan fingerprint density at radius 2 is 2.08 bits per heavy atom. The van der Waals surface area contributed by atoms with Crippen LogP contribution in [-0.2, 0) is 14.4 Å². The summed E-state index contributed by atoms with van der Waals surface area (Å²) < 4.78 is 5.41. The van der Waals surface area contributed by atoms with Gasteiger partial charge in [0, 0.05) is 13.1 Å². The smallest absolute Gasteiger partial charge is 0.308 e. The van der Waals surface area contributed by atoms with E-state index in [0.29, 0.717) is 30.9 Å². The molecule has 2 atom stereocenters. The predicted octanol–water partition coefficient (Wildman–Crippen LogP) is 1.24. The van der Waals surface area contributed by atoms with Crippen molar-refractivity contribution in [1.29, 1.82) is 0 Å². The Labute approximate surface area is 157 Å². The van der Waals surface area contributed by atoms with Gasteiger partial charge in [0.15, 0.2) is 6.61 Å². The quantitative estimate of drug-likeness (QED) is 0.669. The molecule has 0 bridgehead atoms. The average Bonchev–Trinajstić information content (AvgIpc) is 3.14. The number of thioether (sulfide) groups is 1. The van der Waals surface area contributed by atoms with E-state index in [1.165, 1.54) is 4.90 Å². The van der Waals surface area contributed by atoms with Gasteiger partial charge in [-0.05, 0) is 37.0 Å². The van der Waals surface area contributed by atoms with Gasteiger partial charge < -0.3 is 20.1 Å². The number of carbonyl (C=O) groups is 3. The van der Waals surface area contributed by atoms with Crippen LogP contribution in [0, 0.1) is 5.92 Å². The SMILES string of the molecule is CSCCC(NC(=O)COc1ccccc1)C(=O)N1CCC(C(=O)O)C1. The number of hydrogen-bond donors (Lipinski definition) is 2. The van der Waals surface area contributed by atoms with Crippen molar-refractivity contribution in [1.82, 2.24) is 10.2 Å². The molecule has 0 radical (unpaired) electrons. The lowest BCUT2D eigenvalue weighted by atomic mass is 10.1. The second-order valence-corrected chi connectivity index (χ2v) is 7.10. The Morgan fingerprint density at radius 3 is 2.69 bits per heavy atom. The Balaban J connectivity index is 1.90. The summed E-state index contributed by atoms with van der Waals surface area (Å²) in [6.45, 7) is 0.424. The minimum atomic E-state index is -0.888. The number of nitrogens with zero attached hydrogens (tertiary/aromatic N) is 1. The van der Waals surface area contributed by atoms with Gasteiger partial charge in [-0.2, -0.15) is 11.8 Å². The van der Waals surface area contributed by atoms with Crippen LogP contribution in [0.25, 0.3) is 0 Å². The van der Waals surface area contributed by atoms with Crippen LogP contribution >= 0.6 is 11.8 Å². The minimum Gasteiger partial charge on any atom is -0.484 e. The maximum absolute atomic E-state index is 12.7. The van der Waals surface area contributed by atoms with Crippen molar-refractivity contribution in [2.45, 2.75) is 18.9 Å². The third-order valence-corrected chi connectivity index (χ3v) is 4.85. The van der Waals surface area contributed by atoms with Crippen molar-refractivity contribution in [2.24, 2.45) is 5.92 Å². The Morgan fingerprint density at radius 1 is 1.35 bits per heavy atom. The molecule has 0 aromatic heterocycles. The topological polar surface area (TPSA) is 95.9 Å². The molecule has 26 heavy (non-hydrogen) atoms. The standard InChI is InChI=1S/C18H24N2O5S/c1-26-10-8-15(17(22)20-9-7-13(11-20)18(23)24)19-16(21)12-25-14-5-3-2-4-6-14/h2-6,13,15H,7-12H2,1H3,(H,19,21)(H,23,24). The number of aliphatic carboxylic acids is 1. The van der Waals surface area contributed by atoms with Crippen molar-refractivity contribution in [3.63, 3.8) is 0 Å². The van der Waals surface area contributed by atoms with E-state index in [4.69, 9.17) is 9.84 Å². The number of carbonyl (C=O) groups excluding carboxylic acids is 2. The van der Waals surface area contributed by atoms with E-state index >= 15 is 0 Å². The molecule has 1 aromatic rings. The Hall–Kier alpha value is -2.22. The highest BCUT2D eigenvalue weighted by atomic mass is 32.2. The monoisotopic (exact) mass is 380 g/mol. The van der Waals surface area contributed by atoms with Crippen molar-refractivity contribution in [2.75, 3.05) is 31.7 Å². The minimum absolute atomic E-state index is 0.176. The van der Waals surface area contributed by atoms with Crippen molar-refractivity contribution >= 4 is 29.5 Å². The summed E-state index contributed by atoms with van der Waals surface area (Å²) in [5.74, 6) is -0.720.